The van der Waals surface area contributed by atoms with E-state index in [9.17, 15) is 4.79 Å². The molecule has 1 aromatic carbocycles. The van der Waals surface area contributed by atoms with Gasteiger partial charge in [0.05, 0.1) is 6.61 Å². The van der Waals surface area contributed by atoms with Crippen LogP contribution in [0.25, 0.3) is 0 Å². The summed E-state index contributed by atoms with van der Waals surface area (Å²) in [7, 11) is 0. The Morgan fingerprint density at radius 1 is 1.26 bits per heavy atom. The molecule has 4 heteroatoms. The van der Waals surface area contributed by atoms with Gasteiger partial charge in [-0.05, 0) is 43.0 Å². The lowest BCUT2D eigenvalue weighted by molar-refractivity contribution is -0.122. The van der Waals surface area contributed by atoms with Crippen LogP contribution in [-0.2, 0) is 11.4 Å². The molecule has 0 aliphatic heterocycles. The Hall–Kier alpha value is -1.39. The van der Waals surface area contributed by atoms with Crippen LogP contribution in [0, 0.1) is 11.8 Å². The number of amides is 1. The zero-order chi connectivity index (χ0) is 13.7. The molecule has 19 heavy (non-hydrogen) atoms. The largest absolute Gasteiger partial charge is 0.392 e. The minimum Gasteiger partial charge on any atom is -0.392 e. The van der Waals surface area contributed by atoms with Gasteiger partial charge >= 0.3 is 0 Å². The van der Waals surface area contributed by atoms with Gasteiger partial charge in [0.2, 0.25) is 5.91 Å². The third-order valence-electron chi connectivity index (χ3n) is 3.95. The van der Waals surface area contributed by atoms with Gasteiger partial charge in [-0.3, -0.25) is 4.79 Å². The van der Waals surface area contributed by atoms with Crippen molar-refractivity contribution in [1.29, 1.82) is 0 Å². The van der Waals surface area contributed by atoms with Crippen molar-refractivity contribution in [2.75, 3.05) is 11.9 Å². The van der Waals surface area contributed by atoms with E-state index in [1.54, 1.807) is 0 Å². The average Bonchev–Trinajstić information content (AvgIpc) is 2.48. The summed E-state index contributed by atoms with van der Waals surface area (Å²) in [5.74, 6) is 0.425. The van der Waals surface area contributed by atoms with Gasteiger partial charge in [-0.15, -0.1) is 0 Å². The van der Waals surface area contributed by atoms with Crippen LogP contribution in [0.2, 0.25) is 0 Å². The Morgan fingerprint density at radius 3 is 2.58 bits per heavy atom. The van der Waals surface area contributed by atoms with E-state index in [-0.39, 0.29) is 18.4 Å². The van der Waals surface area contributed by atoms with E-state index in [0.717, 1.165) is 30.5 Å². The molecule has 2 unspecified atom stereocenters. The first-order valence-corrected chi connectivity index (χ1v) is 6.95. The Morgan fingerprint density at radius 2 is 1.95 bits per heavy atom. The van der Waals surface area contributed by atoms with Crippen molar-refractivity contribution in [3.05, 3.63) is 29.8 Å². The zero-order valence-corrected chi connectivity index (χ0v) is 11.1. The van der Waals surface area contributed by atoms with Crippen molar-refractivity contribution < 1.29 is 9.90 Å². The summed E-state index contributed by atoms with van der Waals surface area (Å²) >= 11 is 0. The SMILES string of the molecule is NCC1CCCCC1C(=O)Nc1ccc(CO)cc1. The normalized spacial score (nSPS) is 23.1. The minimum absolute atomic E-state index is 0.0199. The molecule has 0 radical (unpaired) electrons. The fourth-order valence-electron chi connectivity index (χ4n) is 2.76. The van der Waals surface area contributed by atoms with E-state index in [2.05, 4.69) is 5.32 Å². The summed E-state index contributed by atoms with van der Waals surface area (Å²) in [4.78, 5) is 12.3. The summed E-state index contributed by atoms with van der Waals surface area (Å²) in [6.45, 7) is 0.605. The van der Waals surface area contributed by atoms with E-state index in [0.29, 0.717) is 12.5 Å². The van der Waals surface area contributed by atoms with Crippen LogP contribution in [-0.4, -0.2) is 17.6 Å². The van der Waals surface area contributed by atoms with Crippen molar-refractivity contribution in [2.45, 2.75) is 32.3 Å². The standard InChI is InChI=1S/C15H22N2O2/c16-9-12-3-1-2-4-14(12)15(19)17-13-7-5-11(10-18)6-8-13/h5-8,12,14,18H,1-4,9-10,16H2,(H,17,19). The summed E-state index contributed by atoms with van der Waals surface area (Å²) in [6.07, 6.45) is 4.27. The highest BCUT2D eigenvalue weighted by molar-refractivity contribution is 5.92. The number of rotatable bonds is 4. The zero-order valence-electron chi connectivity index (χ0n) is 11.1. The molecule has 4 N–H and O–H groups in total. The molecule has 1 fully saturated rings. The van der Waals surface area contributed by atoms with E-state index < -0.39 is 0 Å². The number of carbonyl (C=O) groups excluding carboxylic acids is 1. The number of aliphatic hydroxyl groups excluding tert-OH is 1. The maximum Gasteiger partial charge on any atom is 0.227 e. The predicted octanol–water partition coefficient (Wildman–Crippen LogP) is 1.88. The van der Waals surface area contributed by atoms with Gasteiger partial charge in [0.15, 0.2) is 0 Å². The monoisotopic (exact) mass is 262 g/mol. The molecule has 1 aliphatic rings. The van der Waals surface area contributed by atoms with E-state index >= 15 is 0 Å². The van der Waals surface area contributed by atoms with Crippen molar-refractivity contribution in [3.8, 4) is 0 Å². The summed E-state index contributed by atoms with van der Waals surface area (Å²) < 4.78 is 0. The molecular weight excluding hydrogens is 240 g/mol. The maximum absolute atomic E-state index is 12.3. The van der Waals surface area contributed by atoms with Gasteiger partial charge in [-0.25, -0.2) is 0 Å². The molecule has 1 amide bonds. The summed E-state index contributed by atoms with van der Waals surface area (Å²) in [5, 5.41) is 11.9. The molecule has 0 heterocycles. The number of hydrogen-bond acceptors (Lipinski definition) is 3. The van der Waals surface area contributed by atoms with Crippen molar-refractivity contribution in [3.63, 3.8) is 0 Å². The minimum atomic E-state index is 0.0199. The van der Waals surface area contributed by atoms with E-state index in [4.69, 9.17) is 10.8 Å². The van der Waals surface area contributed by atoms with Crippen molar-refractivity contribution in [2.24, 2.45) is 17.6 Å². The molecule has 4 nitrogen and oxygen atoms in total. The molecular formula is C15H22N2O2. The first-order chi connectivity index (χ1) is 9.24. The first-order valence-electron chi connectivity index (χ1n) is 6.95. The highest BCUT2D eigenvalue weighted by Crippen LogP contribution is 2.30. The summed E-state index contributed by atoms with van der Waals surface area (Å²) in [6, 6.07) is 7.28. The van der Waals surface area contributed by atoms with Gasteiger partial charge < -0.3 is 16.2 Å². The molecule has 2 atom stereocenters. The third kappa shape index (κ3) is 3.55. The van der Waals surface area contributed by atoms with Crippen LogP contribution >= 0.6 is 0 Å². The van der Waals surface area contributed by atoms with Crippen LogP contribution in [0.15, 0.2) is 24.3 Å². The Kier molecular flexibility index (Phi) is 4.93. The van der Waals surface area contributed by atoms with Gasteiger partial charge in [-0.2, -0.15) is 0 Å². The Bertz CT molecular complexity index is 417. The maximum atomic E-state index is 12.3. The van der Waals surface area contributed by atoms with Crippen LogP contribution in [0.4, 0.5) is 5.69 Å². The predicted molar refractivity (Wildman–Crippen MR) is 75.5 cm³/mol. The van der Waals surface area contributed by atoms with E-state index in [1.807, 2.05) is 24.3 Å². The summed E-state index contributed by atoms with van der Waals surface area (Å²) in [5.41, 5.74) is 7.38. The number of carbonyl (C=O) groups is 1. The van der Waals surface area contributed by atoms with Crippen molar-refractivity contribution in [1.82, 2.24) is 0 Å². The van der Waals surface area contributed by atoms with Gasteiger partial charge in [-0.1, -0.05) is 25.0 Å². The Labute approximate surface area is 114 Å². The molecule has 0 spiro atoms. The van der Waals surface area contributed by atoms with Crippen LogP contribution in [0.5, 0.6) is 0 Å². The Balaban J connectivity index is 1.98. The fraction of sp³-hybridized carbons (Fsp3) is 0.533. The topological polar surface area (TPSA) is 75.4 Å². The molecule has 0 bridgehead atoms. The molecule has 1 aromatic rings. The van der Waals surface area contributed by atoms with Crippen LogP contribution in [0.3, 0.4) is 0 Å². The lowest BCUT2D eigenvalue weighted by Gasteiger charge is -2.29. The highest BCUT2D eigenvalue weighted by Gasteiger charge is 2.29. The van der Waals surface area contributed by atoms with Crippen LogP contribution < -0.4 is 11.1 Å². The molecule has 0 saturated heterocycles. The number of anilines is 1. The fourth-order valence-corrected chi connectivity index (χ4v) is 2.76. The quantitative estimate of drug-likeness (QED) is 0.775. The number of aliphatic hydroxyl groups is 1. The molecule has 1 aliphatic carbocycles. The number of nitrogens with one attached hydrogen (secondary N) is 1. The van der Waals surface area contributed by atoms with Gasteiger partial charge in [0, 0.05) is 11.6 Å². The lowest BCUT2D eigenvalue weighted by Crippen LogP contribution is -2.35. The molecule has 1 saturated carbocycles. The highest BCUT2D eigenvalue weighted by atomic mass is 16.3. The van der Waals surface area contributed by atoms with Crippen molar-refractivity contribution >= 4 is 11.6 Å². The van der Waals surface area contributed by atoms with Gasteiger partial charge in [0.1, 0.15) is 0 Å². The second kappa shape index (κ2) is 6.68. The number of benzene rings is 1. The average molecular weight is 262 g/mol. The molecule has 104 valence electrons. The second-order valence-corrected chi connectivity index (χ2v) is 5.23. The number of hydrogen-bond donors (Lipinski definition) is 3. The van der Waals surface area contributed by atoms with E-state index in [1.165, 1.54) is 6.42 Å². The molecule has 0 aromatic heterocycles. The van der Waals surface area contributed by atoms with Crippen LogP contribution in [0.1, 0.15) is 31.2 Å². The second-order valence-electron chi connectivity index (χ2n) is 5.23. The smallest absolute Gasteiger partial charge is 0.227 e. The van der Waals surface area contributed by atoms with Gasteiger partial charge in [0.25, 0.3) is 0 Å². The molecule has 2 rings (SSSR count). The first kappa shape index (κ1) is 14.0. The lowest BCUT2D eigenvalue weighted by atomic mass is 9.78. The third-order valence-corrected chi connectivity index (χ3v) is 3.95. The number of nitrogens with two attached hydrogens (primary N) is 1.